The van der Waals surface area contributed by atoms with Crippen LogP contribution in [0, 0.1) is 6.92 Å². The molecule has 17 heavy (non-hydrogen) atoms. The molecule has 0 fully saturated rings. The SMILES string of the molecule is CCCNC(C)c1nc2cccc(C)c2n1C. The summed E-state index contributed by atoms with van der Waals surface area (Å²) in [6.07, 6.45) is 1.15. The molecule has 0 bridgehead atoms. The number of nitrogens with one attached hydrogen (secondary N) is 1. The van der Waals surface area contributed by atoms with Crippen LogP contribution in [0.2, 0.25) is 0 Å². The van der Waals surface area contributed by atoms with Crippen molar-refractivity contribution >= 4 is 11.0 Å². The molecule has 0 aliphatic heterocycles. The van der Waals surface area contributed by atoms with E-state index >= 15 is 0 Å². The van der Waals surface area contributed by atoms with Gasteiger partial charge in [-0.1, -0.05) is 19.1 Å². The van der Waals surface area contributed by atoms with Crippen molar-refractivity contribution in [3.05, 3.63) is 29.6 Å². The number of hydrogen-bond donors (Lipinski definition) is 1. The molecule has 0 saturated heterocycles. The summed E-state index contributed by atoms with van der Waals surface area (Å²) in [7, 11) is 2.10. The second kappa shape index (κ2) is 4.88. The first-order valence-electron chi connectivity index (χ1n) is 6.30. The van der Waals surface area contributed by atoms with Gasteiger partial charge in [0.2, 0.25) is 0 Å². The number of aromatic nitrogens is 2. The van der Waals surface area contributed by atoms with E-state index in [2.05, 4.69) is 55.9 Å². The van der Waals surface area contributed by atoms with Gasteiger partial charge in [-0.15, -0.1) is 0 Å². The van der Waals surface area contributed by atoms with Crippen LogP contribution in [0.4, 0.5) is 0 Å². The maximum Gasteiger partial charge on any atom is 0.126 e. The van der Waals surface area contributed by atoms with Gasteiger partial charge in [-0.25, -0.2) is 4.98 Å². The molecule has 2 rings (SSSR count). The minimum atomic E-state index is 0.298. The van der Waals surface area contributed by atoms with E-state index in [4.69, 9.17) is 4.98 Å². The lowest BCUT2D eigenvalue weighted by Crippen LogP contribution is -2.22. The summed E-state index contributed by atoms with van der Waals surface area (Å²) in [5.41, 5.74) is 3.62. The molecule has 0 aliphatic carbocycles. The van der Waals surface area contributed by atoms with Gasteiger partial charge in [-0.05, 0) is 38.4 Å². The van der Waals surface area contributed by atoms with Crippen LogP contribution < -0.4 is 5.32 Å². The van der Waals surface area contributed by atoms with E-state index in [9.17, 15) is 0 Å². The molecule has 0 aliphatic rings. The molecule has 1 unspecified atom stereocenters. The monoisotopic (exact) mass is 231 g/mol. The zero-order valence-electron chi connectivity index (χ0n) is 11.1. The molecule has 2 aromatic rings. The van der Waals surface area contributed by atoms with Gasteiger partial charge in [0.15, 0.2) is 0 Å². The summed E-state index contributed by atoms with van der Waals surface area (Å²) >= 11 is 0. The number of fused-ring (bicyclic) bond motifs is 1. The molecule has 92 valence electrons. The third kappa shape index (κ3) is 2.20. The smallest absolute Gasteiger partial charge is 0.126 e. The highest BCUT2D eigenvalue weighted by Crippen LogP contribution is 2.22. The van der Waals surface area contributed by atoms with Crippen molar-refractivity contribution in [3.8, 4) is 0 Å². The Labute approximate surface area is 103 Å². The maximum absolute atomic E-state index is 4.73. The number of benzene rings is 1. The summed E-state index contributed by atoms with van der Waals surface area (Å²) < 4.78 is 2.21. The number of para-hydroxylation sites is 1. The fourth-order valence-corrected chi connectivity index (χ4v) is 2.32. The number of nitrogens with zero attached hydrogens (tertiary/aromatic N) is 2. The largest absolute Gasteiger partial charge is 0.330 e. The molecule has 0 radical (unpaired) electrons. The molecular formula is C14H21N3. The Morgan fingerprint density at radius 3 is 2.82 bits per heavy atom. The highest BCUT2D eigenvalue weighted by atomic mass is 15.1. The molecule has 1 aromatic heterocycles. The quantitative estimate of drug-likeness (QED) is 0.876. The van der Waals surface area contributed by atoms with Gasteiger partial charge < -0.3 is 9.88 Å². The van der Waals surface area contributed by atoms with Gasteiger partial charge in [-0.3, -0.25) is 0 Å². The lowest BCUT2D eigenvalue weighted by Gasteiger charge is -2.13. The first kappa shape index (κ1) is 12.1. The predicted octanol–water partition coefficient (Wildman–Crippen LogP) is 2.94. The second-order valence-corrected chi connectivity index (χ2v) is 4.65. The van der Waals surface area contributed by atoms with Crippen LogP contribution in [0.1, 0.15) is 37.7 Å². The Morgan fingerprint density at radius 2 is 2.18 bits per heavy atom. The highest BCUT2D eigenvalue weighted by Gasteiger charge is 2.14. The minimum absolute atomic E-state index is 0.298. The van der Waals surface area contributed by atoms with Gasteiger partial charge in [0, 0.05) is 7.05 Å². The molecule has 3 heteroatoms. The number of aryl methyl sites for hydroxylation is 2. The molecular weight excluding hydrogens is 210 g/mol. The first-order chi connectivity index (χ1) is 8.15. The summed E-state index contributed by atoms with van der Waals surface area (Å²) in [6, 6.07) is 6.58. The van der Waals surface area contributed by atoms with Crippen molar-refractivity contribution in [1.29, 1.82) is 0 Å². The van der Waals surface area contributed by atoms with Gasteiger partial charge in [0.1, 0.15) is 5.82 Å². The van der Waals surface area contributed by atoms with E-state index in [0.29, 0.717) is 6.04 Å². The Kier molecular flexibility index (Phi) is 3.48. The molecule has 1 aromatic carbocycles. The number of hydrogen-bond acceptors (Lipinski definition) is 2. The lowest BCUT2D eigenvalue weighted by molar-refractivity contribution is 0.532. The van der Waals surface area contributed by atoms with Crippen LogP contribution in [-0.2, 0) is 7.05 Å². The van der Waals surface area contributed by atoms with Gasteiger partial charge in [0.25, 0.3) is 0 Å². The van der Waals surface area contributed by atoms with Crippen molar-refractivity contribution in [3.63, 3.8) is 0 Å². The summed E-state index contributed by atoms with van der Waals surface area (Å²) in [5, 5.41) is 3.49. The third-order valence-corrected chi connectivity index (χ3v) is 3.22. The van der Waals surface area contributed by atoms with Crippen molar-refractivity contribution in [1.82, 2.24) is 14.9 Å². The Bertz CT molecular complexity index is 513. The maximum atomic E-state index is 4.73. The third-order valence-electron chi connectivity index (χ3n) is 3.22. The summed E-state index contributed by atoms with van der Waals surface area (Å²) in [4.78, 5) is 4.73. The van der Waals surface area contributed by atoms with Crippen molar-refractivity contribution in [2.75, 3.05) is 6.54 Å². The van der Waals surface area contributed by atoms with Crippen molar-refractivity contribution < 1.29 is 0 Å². The fraction of sp³-hybridized carbons (Fsp3) is 0.500. The van der Waals surface area contributed by atoms with E-state index in [1.54, 1.807) is 0 Å². The molecule has 1 atom stereocenters. The standard InChI is InChI=1S/C14H21N3/c1-5-9-15-11(3)14-16-12-8-6-7-10(2)13(12)17(14)4/h6-8,11,15H,5,9H2,1-4H3. The molecule has 0 spiro atoms. The average Bonchev–Trinajstić information content (AvgIpc) is 2.65. The Balaban J connectivity index is 2.42. The average molecular weight is 231 g/mol. The van der Waals surface area contributed by atoms with Gasteiger partial charge in [0.05, 0.1) is 17.1 Å². The van der Waals surface area contributed by atoms with E-state index in [-0.39, 0.29) is 0 Å². The van der Waals surface area contributed by atoms with E-state index < -0.39 is 0 Å². The topological polar surface area (TPSA) is 29.9 Å². The predicted molar refractivity (Wildman–Crippen MR) is 72.2 cm³/mol. The molecule has 1 N–H and O–H groups in total. The summed E-state index contributed by atoms with van der Waals surface area (Å²) in [6.45, 7) is 7.52. The molecule has 0 amide bonds. The minimum Gasteiger partial charge on any atom is -0.330 e. The lowest BCUT2D eigenvalue weighted by atomic mass is 10.2. The fourth-order valence-electron chi connectivity index (χ4n) is 2.32. The summed E-state index contributed by atoms with van der Waals surface area (Å²) in [5.74, 6) is 1.11. The molecule has 3 nitrogen and oxygen atoms in total. The highest BCUT2D eigenvalue weighted by molar-refractivity contribution is 5.79. The Hall–Kier alpha value is -1.35. The van der Waals surface area contributed by atoms with Gasteiger partial charge in [-0.2, -0.15) is 0 Å². The van der Waals surface area contributed by atoms with Crippen molar-refractivity contribution in [2.45, 2.75) is 33.2 Å². The van der Waals surface area contributed by atoms with Gasteiger partial charge >= 0.3 is 0 Å². The van der Waals surface area contributed by atoms with Crippen LogP contribution in [0.3, 0.4) is 0 Å². The van der Waals surface area contributed by atoms with Crippen LogP contribution in [0.5, 0.6) is 0 Å². The first-order valence-corrected chi connectivity index (χ1v) is 6.30. The molecule has 0 saturated carbocycles. The normalized spacial score (nSPS) is 13.2. The van der Waals surface area contributed by atoms with E-state index in [1.165, 1.54) is 11.1 Å². The number of imidazole rings is 1. The zero-order valence-corrected chi connectivity index (χ0v) is 11.1. The zero-order chi connectivity index (χ0) is 12.4. The molecule has 1 heterocycles. The van der Waals surface area contributed by atoms with Crippen LogP contribution >= 0.6 is 0 Å². The van der Waals surface area contributed by atoms with E-state index in [1.807, 2.05) is 0 Å². The Morgan fingerprint density at radius 1 is 1.41 bits per heavy atom. The van der Waals surface area contributed by atoms with Crippen LogP contribution in [0.25, 0.3) is 11.0 Å². The van der Waals surface area contributed by atoms with Crippen LogP contribution in [0.15, 0.2) is 18.2 Å². The van der Waals surface area contributed by atoms with Crippen molar-refractivity contribution in [2.24, 2.45) is 7.05 Å². The number of rotatable bonds is 4. The van der Waals surface area contributed by atoms with Crippen LogP contribution in [-0.4, -0.2) is 16.1 Å². The second-order valence-electron chi connectivity index (χ2n) is 4.65. The van der Waals surface area contributed by atoms with E-state index in [0.717, 1.165) is 24.3 Å².